The van der Waals surface area contributed by atoms with Gasteiger partial charge in [0.2, 0.25) is 0 Å². The maximum Gasteiger partial charge on any atom is 0.431 e. The molecule has 0 atom stereocenters. The zero-order chi connectivity index (χ0) is 23.0. The highest BCUT2D eigenvalue weighted by Gasteiger charge is 2.45. The van der Waals surface area contributed by atoms with Gasteiger partial charge in [0, 0.05) is 20.3 Å². The Balaban J connectivity index is 1.69. The first-order chi connectivity index (χ1) is 15.1. The van der Waals surface area contributed by atoms with Crippen molar-refractivity contribution < 1.29 is 17.1 Å². The predicted octanol–water partition coefficient (Wildman–Crippen LogP) is 5.09. The quantitative estimate of drug-likeness (QED) is 0.510. The normalized spacial score (nSPS) is 17.3. The van der Waals surface area contributed by atoms with Crippen LogP contribution in [-0.4, -0.2) is 37.3 Å². The van der Waals surface area contributed by atoms with E-state index in [-0.39, 0.29) is 40.0 Å². The molecule has 164 valence electrons. The monoisotopic (exact) mass is 460 g/mol. The van der Waals surface area contributed by atoms with Gasteiger partial charge in [-0.1, -0.05) is 12.6 Å². The fourth-order valence-corrected chi connectivity index (χ4v) is 4.54. The van der Waals surface area contributed by atoms with Crippen LogP contribution in [0.5, 0.6) is 0 Å². The third kappa shape index (κ3) is 2.79. The molecular weight excluding hydrogens is 444 g/mol. The molecule has 0 radical (unpaired) electrons. The van der Waals surface area contributed by atoms with E-state index < -0.39 is 17.3 Å². The highest BCUT2D eigenvalue weighted by Crippen LogP contribution is 2.48. The Morgan fingerprint density at radius 3 is 2.56 bits per heavy atom. The van der Waals surface area contributed by atoms with Crippen molar-refractivity contribution in [2.45, 2.75) is 29.3 Å². The average Bonchev–Trinajstić information content (AvgIpc) is 3.36. The van der Waals surface area contributed by atoms with E-state index in [1.54, 1.807) is 29.9 Å². The molecule has 0 N–H and O–H groups in total. The Morgan fingerprint density at radius 2 is 1.97 bits per heavy atom. The molecule has 2 aliphatic rings. The Hall–Kier alpha value is -3.26. The van der Waals surface area contributed by atoms with E-state index in [9.17, 15) is 22.3 Å². The number of allylic oxidation sites excluding steroid dienone is 1. The van der Waals surface area contributed by atoms with E-state index in [1.807, 2.05) is 0 Å². The smallest absolute Gasteiger partial charge is 0.339 e. The highest BCUT2D eigenvalue weighted by atomic mass is 32.2. The summed E-state index contributed by atoms with van der Waals surface area (Å²) in [5, 5.41) is 13.9. The summed E-state index contributed by atoms with van der Waals surface area (Å²) in [5.74, 6) is 0.219. The molecule has 3 aromatic heterocycles. The van der Waals surface area contributed by atoms with Gasteiger partial charge in [0.05, 0.1) is 51.1 Å². The molecule has 5 rings (SSSR count). The number of rotatable bonds is 3. The number of fused-ring (bicyclic) bond motifs is 2. The Morgan fingerprint density at radius 1 is 1.25 bits per heavy atom. The minimum absolute atomic E-state index is 0.00799. The lowest BCUT2D eigenvalue weighted by Gasteiger charge is -2.29. The molecule has 11 heteroatoms. The van der Waals surface area contributed by atoms with Gasteiger partial charge in [-0.05, 0) is 30.5 Å². The van der Waals surface area contributed by atoms with Crippen LogP contribution in [-0.2, 0) is 12.5 Å². The second-order valence-electron chi connectivity index (χ2n) is 7.96. The molecule has 0 saturated heterocycles. The maximum absolute atomic E-state index is 14.0. The van der Waals surface area contributed by atoms with Crippen LogP contribution < -0.4 is 0 Å². The SMILES string of the molecule is C=C1c2c(nc(-c3nn4cc(C5(C#N)CC5)ccc4c3SF)n2C)C=C(C(F)(F)F)N1C. The third-order valence-corrected chi connectivity index (χ3v) is 6.67. The summed E-state index contributed by atoms with van der Waals surface area (Å²) < 4.78 is 57.4. The second-order valence-corrected chi connectivity index (χ2v) is 8.52. The fourth-order valence-electron chi connectivity index (χ4n) is 4.10. The van der Waals surface area contributed by atoms with E-state index in [1.165, 1.54) is 11.6 Å². The largest absolute Gasteiger partial charge is 0.431 e. The minimum Gasteiger partial charge on any atom is -0.339 e. The minimum atomic E-state index is -4.58. The van der Waals surface area contributed by atoms with Gasteiger partial charge in [-0.3, -0.25) is 0 Å². The number of alkyl halides is 3. The predicted molar refractivity (Wildman–Crippen MR) is 112 cm³/mol. The summed E-state index contributed by atoms with van der Waals surface area (Å²) in [6.45, 7) is 3.80. The topological polar surface area (TPSA) is 62.2 Å². The van der Waals surface area contributed by atoms with Crippen molar-refractivity contribution in [2.75, 3.05) is 7.05 Å². The van der Waals surface area contributed by atoms with Crippen molar-refractivity contribution in [3.63, 3.8) is 0 Å². The lowest BCUT2D eigenvalue weighted by Crippen LogP contribution is -2.30. The molecule has 1 aliphatic heterocycles. The second kappa shape index (κ2) is 6.62. The van der Waals surface area contributed by atoms with Crippen LogP contribution in [0.2, 0.25) is 0 Å². The van der Waals surface area contributed by atoms with Gasteiger partial charge in [0.1, 0.15) is 11.4 Å². The van der Waals surface area contributed by atoms with Gasteiger partial charge < -0.3 is 9.47 Å². The van der Waals surface area contributed by atoms with Gasteiger partial charge in [0.25, 0.3) is 0 Å². The number of hydrogen-bond donors (Lipinski definition) is 0. The van der Waals surface area contributed by atoms with Crippen LogP contribution >= 0.6 is 12.1 Å². The zero-order valence-electron chi connectivity index (χ0n) is 17.0. The summed E-state index contributed by atoms with van der Waals surface area (Å²) in [4.78, 5) is 5.52. The van der Waals surface area contributed by atoms with E-state index >= 15 is 0 Å². The number of nitrogens with zero attached hydrogens (tertiary/aromatic N) is 6. The van der Waals surface area contributed by atoms with Gasteiger partial charge in [-0.25, -0.2) is 9.50 Å². The highest BCUT2D eigenvalue weighted by molar-refractivity contribution is 7.94. The van der Waals surface area contributed by atoms with Crippen molar-refractivity contribution >= 4 is 29.4 Å². The van der Waals surface area contributed by atoms with Crippen LogP contribution in [0.3, 0.4) is 0 Å². The third-order valence-electron chi connectivity index (χ3n) is 6.12. The summed E-state index contributed by atoms with van der Waals surface area (Å²) >= 11 is -0.00799. The number of aromatic nitrogens is 4. The van der Waals surface area contributed by atoms with Gasteiger partial charge in [-0.15, -0.1) is 0 Å². The van der Waals surface area contributed by atoms with E-state index in [0.717, 1.165) is 29.4 Å². The molecule has 1 saturated carbocycles. The standard InChI is InChI=1S/C21H16F4N6S/c1-11-17-13(8-15(29(11)2)21(22,23)24)27-19(30(17)3)16-18(32-25)14-5-4-12(9-31(14)28-16)20(10-26)6-7-20/h4-5,8-9H,1,6-7H2,2-3H3. The zero-order valence-corrected chi connectivity index (χ0v) is 17.9. The fraction of sp³-hybridized carbons (Fsp3) is 0.286. The van der Waals surface area contributed by atoms with Crippen LogP contribution in [0, 0.1) is 11.3 Å². The van der Waals surface area contributed by atoms with Crippen molar-refractivity contribution in [1.82, 2.24) is 24.1 Å². The molecule has 0 bridgehead atoms. The number of pyridine rings is 1. The average molecular weight is 460 g/mol. The van der Waals surface area contributed by atoms with Gasteiger partial charge >= 0.3 is 6.18 Å². The first-order valence-corrected chi connectivity index (χ1v) is 10.3. The summed E-state index contributed by atoms with van der Waals surface area (Å²) in [7, 11) is 2.92. The number of nitriles is 1. The molecule has 4 heterocycles. The van der Waals surface area contributed by atoms with Crippen molar-refractivity contribution in [1.29, 1.82) is 5.26 Å². The Labute approximate surface area is 184 Å². The van der Waals surface area contributed by atoms with Crippen molar-refractivity contribution in [2.24, 2.45) is 7.05 Å². The van der Waals surface area contributed by atoms with Crippen LogP contribution in [0.1, 0.15) is 29.8 Å². The lowest BCUT2D eigenvalue weighted by molar-refractivity contribution is -0.104. The van der Waals surface area contributed by atoms with E-state index in [0.29, 0.717) is 11.2 Å². The summed E-state index contributed by atoms with van der Waals surface area (Å²) in [5.41, 5.74) is 0.665. The molecule has 0 spiro atoms. The summed E-state index contributed by atoms with van der Waals surface area (Å²) in [6.07, 6.45) is -0.418. The van der Waals surface area contributed by atoms with Crippen LogP contribution in [0.25, 0.3) is 28.8 Å². The van der Waals surface area contributed by atoms with Crippen LogP contribution in [0.4, 0.5) is 17.1 Å². The lowest BCUT2D eigenvalue weighted by atomic mass is 10.00. The first-order valence-electron chi connectivity index (χ1n) is 9.63. The molecule has 3 aromatic rings. The molecular formula is C21H16F4N6S. The maximum atomic E-state index is 14.0. The molecule has 32 heavy (non-hydrogen) atoms. The van der Waals surface area contributed by atoms with E-state index in [2.05, 4.69) is 22.7 Å². The van der Waals surface area contributed by atoms with Crippen molar-refractivity contribution in [3.05, 3.63) is 47.6 Å². The molecule has 0 aromatic carbocycles. The first kappa shape index (κ1) is 20.6. The van der Waals surface area contributed by atoms with E-state index in [4.69, 9.17) is 0 Å². The molecule has 1 aliphatic carbocycles. The molecule has 1 fully saturated rings. The van der Waals surface area contributed by atoms with Crippen LogP contribution in [0.15, 0.2) is 35.5 Å². The summed E-state index contributed by atoms with van der Waals surface area (Å²) in [6, 6.07) is 5.80. The van der Waals surface area contributed by atoms with Crippen molar-refractivity contribution in [3.8, 4) is 17.6 Å². The molecule has 0 unspecified atom stereocenters. The molecule has 6 nitrogen and oxygen atoms in total. The number of hydrogen-bond acceptors (Lipinski definition) is 5. The Bertz CT molecular complexity index is 1370. The van der Waals surface area contributed by atoms with Gasteiger partial charge in [0.15, 0.2) is 5.82 Å². The number of imidazole rings is 1. The van der Waals surface area contributed by atoms with Gasteiger partial charge in [-0.2, -0.15) is 27.4 Å². The Kier molecular flexibility index (Phi) is 4.27. The number of halogens is 4. The molecule has 0 amide bonds.